The van der Waals surface area contributed by atoms with Gasteiger partial charge in [-0.2, -0.15) is 0 Å². The Labute approximate surface area is 137 Å². The summed E-state index contributed by atoms with van der Waals surface area (Å²) in [7, 11) is 0. The van der Waals surface area contributed by atoms with Crippen molar-refractivity contribution >= 4 is 11.5 Å². The molecular formula is C21H20O2. The van der Waals surface area contributed by atoms with Crippen molar-refractivity contribution in [2.24, 2.45) is 0 Å². The number of carbonyl (C=O) groups is 1. The van der Waals surface area contributed by atoms with Gasteiger partial charge in [-0.15, -0.1) is 0 Å². The Kier molecular flexibility index (Phi) is 6.13. The summed E-state index contributed by atoms with van der Waals surface area (Å²) in [4.78, 5) is 11.4. The number of hydrogen-bond donors (Lipinski definition) is 1. The van der Waals surface area contributed by atoms with E-state index < -0.39 is 11.9 Å². The second-order valence-corrected chi connectivity index (χ2v) is 5.16. The van der Waals surface area contributed by atoms with Gasteiger partial charge in [-0.25, -0.2) is 0 Å². The fourth-order valence-corrected chi connectivity index (χ4v) is 2.36. The van der Waals surface area contributed by atoms with E-state index in [1.165, 1.54) is 0 Å². The van der Waals surface area contributed by atoms with Crippen molar-refractivity contribution in [2.45, 2.75) is 12.3 Å². The molecule has 2 aromatic rings. The topological polar surface area (TPSA) is 37.3 Å². The first-order chi connectivity index (χ1) is 11.2. The monoisotopic (exact) mass is 304 g/mol. The lowest BCUT2D eigenvalue weighted by molar-refractivity contribution is -0.138. The molecule has 0 aliphatic carbocycles. The average Bonchev–Trinajstić information content (AvgIpc) is 2.59. The van der Waals surface area contributed by atoms with Crippen LogP contribution in [0, 0.1) is 0 Å². The van der Waals surface area contributed by atoms with Crippen LogP contribution in [0.25, 0.3) is 5.57 Å². The first-order valence-corrected chi connectivity index (χ1v) is 7.55. The summed E-state index contributed by atoms with van der Waals surface area (Å²) >= 11 is 0. The first-order valence-electron chi connectivity index (χ1n) is 7.55. The highest BCUT2D eigenvalue weighted by Crippen LogP contribution is 2.21. The molecule has 2 nitrogen and oxygen atoms in total. The summed E-state index contributed by atoms with van der Waals surface area (Å²) in [6, 6.07) is 19.3. The molecular weight excluding hydrogens is 284 g/mol. The third-order valence-corrected chi connectivity index (χ3v) is 3.61. The highest BCUT2D eigenvalue weighted by Gasteiger charge is 2.17. The SMILES string of the molecule is C=CC(=CC=CCC(C(=O)O)c1ccccc1)c1ccccc1. The number of hydrogen-bond acceptors (Lipinski definition) is 1. The number of benzene rings is 2. The molecule has 23 heavy (non-hydrogen) atoms. The quantitative estimate of drug-likeness (QED) is 0.725. The van der Waals surface area contributed by atoms with Gasteiger partial charge in [0.25, 0.3) is 0 Å². The smallest absolute Gasteiger partial charge is 0.311 e. The van der Waals surface area contributed by atoms with Crippen molar-refractivity contribution in [2.75, 3.05) is 0 Å². The fraction of sp³-hybridized carbons (Fsp3) is 0.0952. The second-order valence-electron chi connectivity index (χ2n) is 5.16. The Hall–Kier alpha value is -2.87. The maximum absolute atomic E-state index is 11.4. The highest BCUT2D eigenvalue weighted by molar-refractivity contribution is 5.76. The number of aliphatic carboxylic acids is 1. The summed E-state index contributed by atoms with van der Waals surface area (Å²) in [5.41, 5.74) is 2.92. The van der Waals surface area contributed by atoms with Crippen molar-refractivity contribution in [1.82, 2.24) is 0 Å². The molecule has 0 aromatic heterocycles. The van der Waals surface area contributed by atoms with Gasteiger partial charge >= 0.3 is 5.97 Å². The third kappa shape index (κ3) is 4.82. The maximum atomic E-state index is 11.4. The molecule has 0 saturated heterocycles. The normalized spacial score (nSPS) is 13.0. The number of rotatable bonds is 7. The highest BCUT2D eigenvalue weighted by atomic mass is 16.4. The second kappa shape index (κ2) is 8.54. The minimum absolute atomic E-state index is 0.453. The molecule has 1 atom stereocenters. The first kappa shape index (κ1) is 16.5. The lowest BCUT2D eigenvalue weighted by Crippen LogP contribution is -2.10. The van der Waals surface area contributed by atoms with Crippen molar-refractivity contribution < 1.29 is 9.90 Å². The van der Waals surface area contributed by atoms with Crippen molar-refractivity contribution in [1.29, 1.82) is 0 Å². The largest absolute Gasteiger partial charge is 0.481 e. The van der Waals surface area contributed by atoms with Gasteiger partial charge in [0.2, 0.25) is 0 Å². The molecule has 2 heteroatoms. The molecule has 2 rings (SSSR count). The van der Waals surface area contributed by atoms with Crippen LogP contribution in [-0.2, 0) is 4.79 Å². The van der Waals surface area contributed by atoms with Crippen LogP contribution in [-0.4, -0.2) is 11.1 Å². The van der Waals surface area contributed by atoms with Gasteiger partial charge in [0.05, 0.1) is 5.92 Å². The minimum atomic E-state index is -0.808. The van der Waals surface area contributed by atoms with Crippen LogP contribution in [0.15, 0.2) is 91.5 Å². The van der Waals surface area contributed by atoms with E-state index >= 15 is 0 Å². The van der Waals surface area contributed by atoms with Gasteiger partial charge in [-0.3, -0.25) is 4.79 Å². The van der Waals surface area contributed by atoms with Crippen molar-refractivity contribution in [3.63, 3.8) is 0 Å². The summed E-state index contributed by atoms with van der Waals surface area (Å²) in [6.07, 6.45) is 7.98. The van der Waals surface area contributed by atoms with Crippen LogP contribution in [0.3, 0.4) is 0 Å². The van der Waals surface area contributed by atoms with Crippen LogP contribution in [0.2, 0.25) is 0 Å². The predicted molar refractivity (Wildman–Crippen MR) is 95.2 cm³/mol. The van der Waals surface area contributed by atoms with Crippen molar-refractivity contribution in [3.05, 3.63) is 103 Å². The molecule has 116 valence electrons. The van der Waals surface area contributed by atoms with Gasteiger partial charge < -0.3 is 5.11 Å². The lowest BCUT2D eigenvalue weighted by atomic mass is 9.95. The van der Waals surface area contributed by atoms with Gasteiger partial charge in [0, 0.05) is 0 Å². The zero-order chi connectivity index (χ0) is 16.5. The van der Waals surface area contributed by atoms with Crippen molar-refractivity contribution in [3.8, 4) is 0 Å². The molecule has 0 aliphatic heterocycles. The number of carboxylic acids is 1. The van der Waals surface area contributed by atoms with Gasteiger partial charge in [-0.05, 0) is 23.1 Å². The van der Waals surface area contributed by atoms with Crippen LogP contribution < -0.4 is 0 Å². The van der Waals surface area contributed by atoms with E-state index in [2.05, 4.69) is 6.58 Å². The molecule has 1 N–H and O–H groups in total. The van der Waals surface area contributed by atoms with E-state index in [0.29, 0.717) is 6.42 Å². The Morgan fingerprint density at radius 2 is 1.65 bits per heavy atom. The molecule has 0 fully saturated rings. The lowest BCUT2D eigenvalue weighted by Gasteiger charge is -2.09. The van der Waals surface area contributed by atoms with Crippen LogP contribution in [0.1, 0.15) is 23.5 Å². The molecule has 0 radical (unpaired) electrons. The van der Waals surface area contributed by atoms with E-state index in [0.717, 1.165) is 16.7 Å². The van der Waals surface area contributed by atoms with E-state index in [-0.39, 0.29) is 0 Å². The van der Waals surface area contributed by atoms with Crippen LogP contribution in [0.5, 0.6) is 0 Å². The summed E-state index contributed by atoms with van der Waals surface area (Å²) in [5.74, 6) is -1.33. The van der Waals surface area contributed by atoms with E-state index in [1.807, 2.05) is 78.9 Å². The Morgan fingerprint density at radius 3 is 2.22 bits per heavy atom. The van der Waals surface area contributed by atoms with Gasteiger partial charge in [0.1, 0.15) is 0 Å². The van der Waals surface area contributed by atoms with Crippen LogP contribution >= 0.6 is 0 Å². The maximum Gasteiger partial charge on any atom is 0.311 e. The molecule has 0 saturated carbocycles. The zero-order valence-electron chi connectivity index (χ0n) is 12.9. The third-order valence-electron chi connectivity index (χ3n) is 3.61. The molecule has 0 heterocycles. The zero-order valence-corrected chi connectivity index (χ0v) is 12.9. The van der Waals surface area contributed by atoms with E-state index in [9.17, 15) is 9.90 Å². The van der Waals surface area contributed by atoms with E-state index in [4.69, 9.17) is 0 Å². The number of carboxylic acid groups (broad SMARTS) is 1. The predicted octanol–water partition coefficient (Wildman–Crippen LogP) is 5.07. The average molecular weight is 304 g/mol. The molecule has 0 aliphatic rings. The molecule has 2 aromatic carbocycles. The summed E-state index contributed by atoms with van der Waals surface area (Å²) < 4.78 is 0. The molecule has 1 unspecified atom stereocenters. The molecule has 0 spiro atoms. The molecule has 0 bridgehead atoms. The Balaban J connectivity index is 2.08. The van der Waals surface area contributed by atoms with Gasteiger partial charge in [-0.1, -0.05) is 91.5 Å². The summed E-state index contributed by atoms with van der Waals surface area (Å²) in [5, 5.41) is 9.39. The molecule has 0 amide bonds. The standard InChI is InChI=1S/C21H20O2/c1-2-17(18-12-5-3-6-13-18)11-9-10-16-20(21(22)23)19-14-7-4-8-15-19/h2-15,20H,1,16H2,(H,22,23). The Morgan fingerprint density at radius 1 is 1.04 bits per heavy atom. The summed E-state index contributed by atoms with van der Waals surface area (Å²) in [6.45, 7) is 3.83. The fourth-order valence-electron chi connectivity index (χ4n) is 2.36. The minimum Gasteiger partial charge on any atom is -0.481 e. The Bertz CT molecular complexity index is 697. The van der Waals surface area contributed by atoms with E-state index in [1.54, 1.807) is 6.08 Å². The van der Waals surface area contributed by atoms with Crippen LogP contribution in [0.4, 0.5) is 0 Å². The van der Waals surface area contributed by atoms with Gasteiger partial charge in [0.15, 0.2) is 0 Å². The number of allylic oxidation sites excluding steroid dienone is 5.